The minimum Gasteiger partial charge on any atom is -0.429 e. The number of rotatable bonds is 7. The van der Waals surface area contributed by atoms with Crippen molar-refractivity contribution in [1.29, 1.82) is 0 Å². The molecule has 0 fully saturated rings. The summed E-state index contributed by atoms with van der Waals surface area (Å²) in [5, 5.41) is 0. The standard InChI is InChI=1S/C24H20F6O/c1-2-16-5-10-19(11-6-16)24(29,30)31-20-12-7-17(8-13-20)3-4-18-9-14-21(22(25)15-18)23(26,27)28/h5-15H,2-4H2,1H3. The number of benzene rings is 3. The highest BCUT2D eigenvalue weighted by Crippen LogP contribution is 2.33. The number of aryl methyl sites for hydroxylation is 3. The molecule has 0 saturated heterocycles. The Morgan fingerprint density at radius 2 is 1.26 bits per heavy atom. The fourth-order valence-corrected chi connectivity index (χ4v) is 3.10. The lowest BCUT2D eigenvalue weighted by Crippen LogP contribution is -2.21. The summed E-state index contributed by atoms with van der Waals surface area (Å²) in [6.07, 6.45) is -6.79. The maximum absolute atomic E-state index is 14.4. The molecule has 31 heavy (non-hydrogen) atoms. The first-order valence-electron chi connectivity index (χ1n) is 9.69. The summed E-state index contributed by atoms with van der Waals surface area (Å²) in [5.41, 5.74) is 0.550. The zero-order valence-electron chi connectivity index (χ0n) is 16.6. The van der Waals surface area contributed by atoms with E-state index in [2.05, 4.69) is 0 Å². The lowest BCUT2D eigenvalue weighted by atomic mass is 10.0. The molecular formula is C24H20F6O. The van der Waals surface area contributed by atoms with Crippen molar-refractivity contribution in [3.05, 3.63) is 100 Å². The third-order valence-corrected chi connectivity index (χ3v) is 4.91. The Kier molecular flexibility index (Phi) is 6.62. The fraction of sp³-hybridized carbons (Fsp3) is 0.250. The number of alkyl halides is 5. The highest BCUT2D eigenvalue weighted by molar-refractivity contribution is 5.31. The Bertz CT molecular complexity index is 1010. The van der Waals surface area contributed by atoms with Crippen LogP contribution in [0.5, 0.6) is 5.75 Å². The Labute approximate surface area is 176 Å². The lowest BCUT2D eigenvalue weighted by Gasteiger charge is -2.18. The monoisotopic (exact) mass is 438 g/mol. The smallest absolute Gasteiger partial charge is 0.426 e. The summed E-state index contributed by atoms with van der Waals surface area (Å²) in [4.78, 5) is 0. The van der Waals surface area contributed by atoms with Crippen molar-refractivity contribution in [2.24, 2.45) is 0 Å². The van der Waals surface area contributed by atoms with E-state index in [1.807, 2.05) is 6.92 Å². The summed E-state index contributed by atoms with van der Waals surface area (Å²) >= 11 is 0. The van der Waals surface area contributed by atoms with Crippen LogP contribution in [0, 0.1) is 5.82 Å². The van der Waals surface area contributed by atoms with Crippen molar-refractivity contribution in [2.45, 2.75) is 38.5 Å². The largest absolute Gasteiger partial charge is 0.429 e. The quantitative estimate of drug-likeness (QED) is 0.351. The Hall–Kier alpha value is -2.96. The van der Waals surface area contributed by atoms with Gasteiger partial charge in [-0.25, -0.2) is 4.39 Å². The summed E-state index contributed by atoms with van der Waals surface area (Å²) < 4.78 is 85.1. The van der Waals surface area contributed by atoms with Gasteiger partial charge in [0.15, 0.2) is 0 Å². The first-order chi connectivity index (χ1) is 14.6. The van der Waals surface area contributed by atoms with Crippen LogP contribution in [0.15, 0.2) is 66.7 Å². The van der Waals surface area contributed by atoms with Gasteiger partial charge in [0.25, 0.3) is 0 Å². The van der Waals surface area contributed by atoms with E-state index in [0.717, 1.165) is 29.7 Å². The maximum atomic E-state index is 14.4. The predicted molar refractivity (Wildman–Crippen MR) is 106 cm³/mol. The second-order valence-electron chi connectivity index (χ2n) is 7.13. The molecule has 0 spiro atoms. The summed E-state index contributed by atoms with van der Waals surface area (Å²) in [7, 11) is 0. The first-order valence-corrected chi connectivity index (χ1v) is 9.69. The van der Waals surface area contributed by atoms with Crippen LogP contribution in [0.25, 0.3) is 0 Å². The average molecular weight is 438 g/mol. The van der Waals surface area contributed by atoms with E-state index < -0.39 is 23.7 Å². The number of hydrogen-bond donors (Lipinski definition) is 0. The molecule has 7 heteroatoms. The van der Waals surface area contributed by atoms with Crippen molar-refractivity contribution >= 4 is 0 Å². The zero-order chi connectivity index (χ0) is 22.6. The van der Waals surface area contributed by atoms with Crippen molar-refractivity contribution in [2.75, 3.05) is 0 Å². The molecule has 0 heterocycles. The van der Waals surface area contributed by atoms with Crippen LogP contribution in [0.1, 0.15) is 34.7 Å². The van der Waals surface area contributed by atoms with Gasteiger partial charge in [0.1, 0.15) is 11.6 Å². The van der Waals surface area contributed by atoms with E-state index in [9.17, 15) is 26.3 Å². The van der Waals surface area contributed by atoms with E-state index >= 15 is 0 Å². The lowest BCUT2D eigenvalue weighted by molar-refractivity contribution is -0.185. The van der Waals surface area contributed by atoms with Crippen LogP contribution in [0.4, 0.5) is 26.3 Å². The van der Waals surface area contributed by atoms with Gasteiger partial charge in [-0.2, -0.15) is 22.0 Å². The van der Waals surface area contributed by atoms with E-state index in [1.165, 1.54) is 30.3 Å². The molecule has 0 aromatic heterocycles. The van der Waals surface area contributed by atoms with Gasteiger partial charge in [0.05, 0.1) is 11.1 Å². The van der Waals surface area contributed by atoms with Crippen molar-refractivity contribution in [3.8, 4) is 5.75 Å². The number of ether oxygens (including phenoxy) is 1. The zero-order valence-corrected chi connectivity index (χ0v) is 16.6. The Morgan fingerprint density at radius 1 is 0.710 bits per heavy atom. The third-order valence-electron chi connectivity index (χ3n) is 4.91. The van der Waals surface area contributed by atoms with Gasteiger partial charge >= 0.3 is 12.3 Å². The van der Waals surface area contributed by atoms with Gasteiger partial charge in [-0.15, -0.1) is 0 Å². The molecule has 0 N–H and O–H groups in total. The van der Waals surface area contributed by atoms with Crippen LogP contribution in [0.3, 0.4) is 0 Å². The van der Waals surface area contributed by atoms with E-state index in [-0.39, 0.29) is 11.3 Å². The van der Waals surface area contributed by atoms with Crippen LogP contribution >= 0.6 is 0 Å². The van der Waals surface area contributed by atoms with Crippen LogP contribution in [-0.4, -0.2) is 0 Å². The van der Waals surface area contributed by atoms with Gasteiger partial charge in [0.2, 0.25) is 0 Å². The summed E-state index contributed by atoms with van der Waals surface area (Å²) in [5.74, 6) is -1.34. The normalized spacial score (nSPS) is 12.1. The van der Waals surface area contributed by atoms with Gasteiger partial charge in [-0.1, -0.05) is 37.3 Å². The first kappa shape index (κ1) is 22.7. The Morgan fingerprint density at radius 3 is 1.81 bits per heavy atom. The molecule has 0 aliphatic heterocycles. The highest BCUT2D eigenvalue weighted by atomic mass is 19.4. The van der Waals surface area contributed by atoms with Gasteiger partial charge in [-0.3, -0.25) is 0 Å². The highest BCUT2D eigenvalue weighted by Gasteiger charge is 2.35. The molecule has 0 aliphatic carbocycles. The number of hydrogen-bond acceptors (Lipinski definition) is 1. The molecule has 3 rings (SSSR count). The van der Waals surface area contributed by atoms with Gasteiger partial charge in [0, 0.05) is 0 Å². The van der Waals surface area contributed by atoms with Crippen molar-refractivity contribution < 1.29 is 31.1 Å². The van der Waals surface area contributed by atoms with Gasteiger partial charge in [-0.05, 0) is 72.4 Å². The second kappa shape index (κ2) is 9.04. The minimum absolute atomic E-state index is 0.0195. The van der Waals surface area contributed by atoms with Gasteiger partial charge < -0.3 is 4.74 Å². The topological polar surface area (TPSA) is 9.23 Å². The molecule has 0 atom stereocenters. The molecule has 3 aromatic rings. The summed E-state index contributed by atoms with van der Waals surface area (Å²) in [6.45, 7) is 1.93. The minimum atomic E-state index is -4.74. The maximum Gasteiger partial charge on any atom is 0.426 e. The van der Waals surface area contributed by atoms with Crippen molar-refractivity contribution in [1.82, 2.24) is 0 Å². The molecule has 0 amide bonds. The summed E-state index contributed by atoms with van der Waals surface area (Å²) in [6, 6.07) is 14.7. The molecule has 0 radical (unpaired) electrons. The van der Waals surface area contributed by atoms with E-state index in [1.54, 1.807) is 24.3 Å². The van der Waals surface area contributed by atoms with Crippen LogP contribution in [-0.2, 0) is 31.5 Å². The second-order valence-corrected chi connectivity index (χ2v) is 7.13. The van der Waals surface area contributed by atoms with Crippen molar-refractivity contribution in [3.63, 3.8) is 0 Å². The molecule has 0 aliphatic rings. The molecule has 0 unspecified atom stereocenters. The molecule has 1 nitrogen and oxygen atoms in total. The molecule has 0 saturated carbocycles. The fourth-order valence-electron chi connectivity index (χ4n) is 3.10. The Balaban J connectivity index is 1.61. The number of halogens is 6. The molecule has 164 valence electrons. The molecule has 3 aromatic carbocycles. The molecule has 0 bridgehead atoms. The van der Waals surface area contributed by atoms with Crippen LogP contribution < -0.4 is 4.74 Å². The average Bonchev–Trinajstić information content (AvgIpc) is 2.72. The van der Waals surface area contributed by atoms with Crippen LogP contribution in [0.2, 0.25) is 0 Å². The SMILES string of the molecule is CCc1ccc(C(F)(F)Oc2ccc(CCc3ccc(C(F)(F)F)c(F)c3)cc2)cc1. The predicted octanol–water partition coefficient (Wildman–Crippen LogP) is 7.32. The third kappa shape index (κ3) is 5.81. The van der Waals surface area contributed by atoms with E-state index in [0.29, 0.717) is 18.4 Å². The van der Waals surface area contributed by atoms with E-state index in [4.69, 9.17) is 4.74 Å². The molecular weight excluding hydrogens is 418 g/mol.